The van der Waals surface area contributed by atoms with Gasteiger partial charge in [0.1, 0.15) is 0 Å². The standard InChI is InChI=1S/C14H22ClN/c1-4-11(2)8-12(3)16-10-13-6-5-7-14(15)9-13/h5-7,9,11-12,16H,4,8,10H2,1-3H3. The maximum absolute atomic E-state index is 5.94. The SMILES string of the molecule is CCC(C)CC(C)NCc1cccc(Cl)c1. The summed E-state index contributed by atoms with van der Waals surface area (Å²) in [4.78, 5) is 0. The fraction of sp³-hybridized carbons (Fsp3) is 0.571. The Kier molecular flexibility index (Phi) is 5.86. The summed E-state index contributed by atoms with van der Waals surface area (Å²) in [6, 6.07) is 8.60. The predicted octanol–water partition coefficient (Wildman–Crippen LogP) is 4.25. The van der Waals surface area contributed by atoms with E-state index >= 15 is 0 Å². The maximum atomic E-state index is 5.94. The first-order valence-corrected chi connectivity index (χ1v) is 6.47. The van der Waals surface area contributed by atoms with Crippen molar-refractivity contribution in [2.75, 3.05) is 0 Å². The highest BCUT2D eigenvalue weighted by Gasteiger charge is 2.06. The molecule has 0 radical (unpaired) electrons. The molecule has 0 aliphatic heterocycles. The van der Waals surface area contributed by atoms with Gasteiger partial charge in [0, 0.05) is 17.6 Å². The molecule has 1 N–H and O–H groups in total. The summed E-state index contributed by atoms with van der Waals surface area (Å²) in [7, 11) is 0. The van der Waals surface area contributed by atoms with E-state index in [1.54, 1.807) is 0 Å². The smallest absolute Gasteiger partial charge is 0.0409 e. The van der Waals surface area contributed by atoms with Crippen LogP contribution in [0.1, 0.15) is 39.2 Å². The molecule has 2 heteroatoms. The van der Waals surface area contributed by atoms with Gasteiger partial charge in [0.05, 0.1) is 0 Å². The average Bonchev–Trinajstić information content (AvgIpc) is 2.26. The lowest BCUT2D eigenvalue weighted by atomic mass is 10.0. The fourth-order valence-electron chi connectivity index (χ4n) is 1.79. The number of hydrogen-bond donors (Lipinski definition) is 1. The zero-order valence-corrected chi connectivity index (χ0v) is 11.2. The molecule has 1 nitrogen and oxygen atoms in total. The van der Waals surface area contributed by atoms with Crippen LogP contribution in [0.5, 0.6) is 0 Å². The van der Waals surface area contributed by atoms with E-state index in [0.717, 1.165) is 17.5 Å². The van der Waals surface area contributed by atoms with Crippen molar-refractivity contribution in [2.45, 2.75) is 46.2 Å². The van der Waals surface area contributed by atoms with Crippen LogP contribution in [0.25, 0.3) is 0 Å². The summed E-state index contributed by atoms with van der Waals surface area (Å²) in [5.41, 5.74) is 1.25. The van der Waals surface area contributed by atoms with Gasteiger partial charge in [0.25, 0.3) is 0 Å². The summed E-state index contributed by atoms with van der Waals surface area (Å²) in [5, 5.41) is 4.35. The van der Waals surface area contributed by atoms with Crippen molar-refractivity contribution in [1.29, 1.82) is 0 Å². The minimum atomic E-state index is 0.564. The highest BCUT2D eigenvalue weighted by Crippen LogP contribution is 2.12. The van der Waals surface area contributed by atoms with Crippen molar-refractivity contribution in [3.05, 3.63) is 34.9 Å². The molecule has 2 atom stereocenters. The van der Waals surface area contributed by atoms with Crippen molar-refractivity contribution in [1.82, 2.24) is 5.32 Å². The molecule has 0 bridgehead atoms. The zero-order valence-electron chi connectivity index (χ0n) is 10.5. The lowest BCUT2D eigenvalue weighted by Crippen LogP contribution is -2.27. The topological polar surface area (TPSA) is 12.0 Å². The van der Waals surface area contributed by atoms with Crippen LogP contribution in [0.3, 0.4) is 0 Å². The van der Waals surface area contributed by atoms with Crippen molar-refractivity contribution in [3.8, 4) is 0 Å². The molecular formula is C14H22ClN. The zero-order chi connectivity index (χ0) is 12.0. The highest BCUT2D eigenvalue weighted by molar-refractivity contribution is 6.30. The van der Waals surface area contributed by atoms with Crippen molar-refractivity contribution in [3.63, 3.8) is 0 Å². The van der Waals surface area contributed by atoms with Gasteiger partial charge in [-0.15, -0.1) is 0 Å². The number of nitrogens with one attached hydrogen (secondary N) is 1. The summed E-state index contributed by atoms with van der Waals surface area (Å²) < 4.78 is 0. The lowest BCUT2D eigenvalue weighted by molar-refractivity contribution is 0.412. The average molecular weight is 240 g/mol. The van der Waals surface area contributed by atoms with Crippen molar-refractivity contribution >= 4 is 11.6 Å². The molecule has 2 unspecified atom stereocenters. The Hall–Kier alpha value is -0.530. The van der Waals surface area contributed by atoms with E-state index in [9.17, 15) is 0 Å². The second-order valence-electron chi connectivity index (χ2n) is 4.66. The van der Waals surface area contributed by atoms with E-state index in [2.05, 4.69) is 32.2 Å². The molecule has 0 spiro atoms. The van der Waals surface area contributed by atoms with Crippen LogP contribution in [0, 0.1) is 5.92 Å². The fourth-order valence-corrected chi connectivity index (χ4v) is 2.01. The van der Waals surface area contributed by atoms with Gasteiger partial charge in [-0.25, -0.2) is 0 Å². The Balaban J connectivity index is 2.34. The van der Waals surface area contributed by atoms with Crippen LogP contribution in [0.2, 0.25) is 5.02 Å². The Morgan fingerprint density at radius 3 is 2.69 bits per heavy atom. The number of hydrogen-bond acceptors (Lipinski definition) is 1. The third kappa shape index (κ3) is 5.00. The first kappa shape index (κ1) is 13.5. The van der Waals surface area contributed by atoms with Gasteiger partial charge in [-0.3, -0.25) is 0 Å². The number of halogens is 1. The summed E-state index contributed by atoms with van der Waals surface area (Å²) >= 11 is 5.94. The molecule has 0 amide bonds. The molecule has 0 aliphatic carbocycles. The van der Waals surface area contributed by atoms with Gasteiger partial charge < -0.3 is 5.32 Å². The largest absolute Gasteiger partial charge is 0.310 e. The molecule has 0 aliphatic rings. The summed E-state index contributed by atoms with van der Waals surface area (Å²) in [5.74, 6) is 0.793. The molecule has 0 saturated heterocycles. The molecule has 90 valence electrons. The third-order valence-corrected chi connectivity index (χ3v) is 3.23. The molecule has 0 fully saturated rings. The van der Waals surface area contributed by atoms with Crippen LogP contribution in [0.15, 0.2) is 24.3 Å². The van der Waals surface area contributed by atoms with E-state index in [0.29, 0.717) is 6.04 Å². The maximum Gasteiger partial charge on any atom is 0.0409 e. The Morgan fingerprint density at radius 1 is 1.31 bits per heavy atom. The molecule has 0 heterocycles. The predicted molar refractivity (Wildman–Crippen MR) is 71.8 cm³/mol. The van der Waals surface area contributed by atoms with E-state index in [4.69, 9.17) is 11.6 Å². The third-order valence-electron chi connectivity index (χ3n) is 3.00. The van der Waals surface area contributed by atoms with Crippen molar-refractivity contribution < 1.29 is 0 Å². The second kappa shape index (κ2) is 6.93. The van der Waals surface area contributed by atoms with E-state index in [-0.39, 0.29) is 0 Å². The van der Waals surface area contributed by atoms with E-state index < -0.39 is 0 Å². The van der Waals surface area contributed by atoms with Gasteiger partial charge in [0.2, 0.25) is 0 Å². The van der Waals surface area contributed by atoms with Crippen molar-refractivity contribution in [2.24, 2.45) is 5.92 Å². The van der Waals surface area contributed by atoms with Gasteiger partial charge in [-0.2, -0.15) is 0 Å². The second-order valence-corrected chi connectivity index (χ2v) is 5.10. The quantitative estimate of drug-likeness (QED) is 0.783. The van der Waals surface area contributed by atoms with Crippen LogP contribution in [-0.4, -0.2) is 6.04 Å². The molecular weight excluding hydrogens is 218 g/mol. The number of benzene rings is 1. The molecule has 1 aromatic rings. The first-order chi connectivity index (χ1) is 7.61. The summed E-state index contributed by atoms with van der Waals surface area (Å²) in [6.45, 7) is 7.70. The summed E-state index contributed by atoms with van der Waals surface area (Å²) in [6.07, 6.45) is 2.49. The van der Waals surface area contributed by atoms with Crippen LogP contribution in [0.4, 0.5) is 0 Å². The Labute approximate surface area is 104 Å². The van der Waals surface area contributed by atoms with E-state index in [1.807, 2.05) is 18.2 Å². The molecule has 1 aromatic carbocycles. The van der Waals surface area contributed by atoms with Crippen LogP contribution in [-0.2, 0) is 6.54 Å². The molecule has 1 rings (SSSR count). The minimum Gasteiger partial charge on any atom is -0.310 e. The van der Waals surface area contributed by atoms with Crippen LogP contribution >= 0.6 is 11.6 Å². The molecule has 0 aromatic heterocycles. The Bertz CT molecular complexity index is 311. The lowest BCUT2D eigenvalue weighted by Gasteiger charge is -2.17. The van der Waals surface area contributed by atoms with Gasteiger partial charge >= 0.3 is 0 Å². The number of rotatable bonds is 6. The normalized spacial score (nSPS) is 14.8. The van der Waals surface area contributed by atoms with Crippen LogP contribution < -0.4 is 5.32 Å². The van der Waals surface area contributed by atoms with E-state index in [1.165, 1.54) is 18.4 Å². The highest BCUT2D eigenvalue weighted by atomic mass is 35.5. The molecule has 0 saturated carbocycles. The van der Waals surface area contributed by atoms with Gasteiger partial charge in [0.15, 0.2) is 0 Å². The molecule has 16 heavy (non-hydrogen) atoms. The minimum absolute atomic E-state index is 0.564. The monoisotopic (exact) mass is 239 g/mol. The van der Waals surface area contributed by atoms with Gasteiger partial charge in [-0.1, -0.05) is 44.0 Å². The van der Waals surface area contributed by atoms with Gasteiger partial charge in [-0.05, 0) is 37.0 Å². The first-order valence-electron chi connectivity index (χ1n) is 6.09. The Morgan fingerprint density at radius 2 is 2.06 bits per heavy atom.